The Labute approximate surface area is 164 Å². The van der Waals surface area contributed by atoms with E-state index in [0.29, 0.717) is 6.54 Å². The van der Waals surface area contributed by atoms with Crippen molar-refractivity contribution < 1.29 is 14.4 Å². The lowest BCUT2D eigenvalue weighted by molar-refractivity contribution is -0.140. The van der Waals surface area contributed by atoms with E-state index < -0.39 is 11.6 Å². The van der Waals surface area contributed by atoms with Crippen LogP contribution in [0.5, 0.6) is 0 Å². The summed E-state index contributed by atoms with van der Waals surface area (Å²) in [5.74, 6) is -0.551. The molecule has 2 aromatic rings. The van der Waals surface area contributed by atoms with E-state index in [1.54, 1.807) is 11.8 Å². The predicted octanol–water partition coefficient (Wildman–Crippen LogP) is 3.01. The summed E-state index contributed by atoms with van der Waals surface area (Å²) < 4.78 is 0. The predicted molar refractivity (Wildman–Crippen MR) is 107 cm³/mol. The van der Waals surface area contributed by atoms with Crippen LogP contribution in [0.15, 0.2) is 42.5 Å². The lowest BCUT2D eigenvalue weighted by Crippen LogP contribution is -2.48. The Hall–Kier alpha value is -2.89. The highest BCUT2D eigenvalue weighted by Crippen LogP contribution is 2.34. The monoisotopic (exact) mass is 379 g/mol. The van der Waals surface area contributed by atoms with E-state index in [9.17, 15) is 14.4 Å². The van der Waals surface area contributed by atoms with Gasteiger partial charge in [0, 0.05) is 12.6 Å². The van der Waals surface area contributed by atoms with Gasteiger partial charge in [0.25, 0.3) is 5.91 Å². The molecular weight excluding hydrogens is 354 g/mol. The van der Waals surface area contributed by atoms with Gasteiger partial charge in [-0.05, 0) is 49.4 Å². The third kappa shape index (κ3) is 2.93. The van der Waals surface area contributed by atoms with Gasteiger partial charge in [0.15, 0.2) is 0 Å². The van der Waals surface area contributed by atoms with Gasteiger partial charge in [0.1, 0.15) is 12.1 Å². The van der Waals surface area contributed by atoms with Crippen LogP contribution in [0.4, 0.5) is 4.79 Å². The third-order valence-corrected chi connectivity index (χ3v) is 6.02. The van der Waals surface area contributed by atoms with E-state index in [0.717, 1.165) is 40.5 Å². The quantitative estimate of drug-likeness (QED) is 0.834. The largest absolute Gasteiger partial charge is 0.338 e. The molecule has 28 heavy (non-hydrogen) atoms. The molecular formula is C22H25N3O3. The number of fused-ring (bicyclic) bond motifs is 1. The number of likely N-dealkylation sites (tertiary alicyclic amines) is 1. The van der Waals surface area contributed by atoms with Gasteiger partial charge in [-0.1, -0.05) is 42.5 Å². The van der Waals surface area contributed by atoms with Gasteiger partial charge >= 0.3 is 6.03 Å². The second kappa shape index (κ2) is 6.93. The first-order valence-corrected chi connectivity index (χ1v) is 9.83. The Morgan fingerprint density at radius 3 is 2.68 bits per heavy atom. The summed E-state index contributed by atoms with van der Waals surface area (Å²) in [5, 5.41) is 4.74. The maximum Gasteiger partial charge on any atom is 0.325 e. The van der Waals surface area contributed by atoms with E-state index >= 15 is 0 Å². The molecule has 2 heterocycles. The average Bonchev–Trinajstić information content (AvgIpc) is 2.91. The molecule has 4 amide bonds. The maximum absolute atomic E-state index is 13.3. The number of imide groups is 1. The summed E-state index contributed by atoms with van der Waals surface area (Å²) >= 11 is 0. The van der Waals surface area contributed by atoms with Gasteiger partial charge in [-0.15, -0.1) is 0 Å². The summed E-state index contributed by atoms with van der Waals surface area (Å²) in [6.07, 6.45) is 3.02. The SMILES string of the molecule is CC1CCCCN1C(=O)CN1C(=O)NC(C)(c2cccc3ccccc23)C1=O. The fraction of sp³-hybridized carbons (Fsp3) is 0.409. The fourth-order valence-electron chi connectivity index (χ4n) is 4.38. The molecule has 2 saturated heterocycles. The highest BCUT2D eigenvalue weighted by atomic mass is 16.2. The highest BCUT2D eigenvalue weighted by Gasteiger charge is 2.50. The maximum atomic E-state index is 13.3. The molecule has 1 N–H and O–H groups in total. The number of rotatable bonds is 3. The number of hydrogen-bond donors (Lipinski definition) is 1. The van der Waals surface area contributed by atoms with Gasteiger partial charge in [0.05, 0.1) is 0 Å². The second-order valence-corrected chi connectivity index (χ2v) is 7.91. The number of urea groups is 1. The van der Waals surface area contributed by atoms with Crippen LogP contribution in [0.3, 0.4) is 0 Å². The molecule has 0 aromatic heterocycles. The summed E-state index contributed by atoms with van der Waals surface area (Å²) in [5.41, 5.74) is -0.448. The van der Waals surface area contributed by atoms with E-state index in [1.165, 1.54) is 0 Å². The molecule has 146 valence electrons. The van der Waals surface area contributed by atoms with E-state index in [4.69, 9.17) is 0 Å². The Morgan fingerprint density at radius 2 is 1.89 bits per heavy atom. The van der Waals surface area contributed by atoms with E-state index in [-0.39, 0.29) is 24.4 Å². The van der Waals surface area contributed by atoms with E-state index in [2.05, 4.69) is 5.32 Å². The molecule has 4 rings (SSSR count). The highest BCUT2D eigenvalue weighted by molar-refractivity contribution is 6.10. The minimum absolute atomic E-state index is 0.145. The van der Waals surface area contributed by atoms with Crippen LogP contribution in [0.25, 0.3) is 10.8 Å². The summed E-state index contributed by atoms with van der Waals surface area (Å²) in [4.78, 5) is 41.5. The Kier molecular flexibility index (Phi) is 4.57. The zero-order chi connectivity index (χ0) is 19.9. The van der Waals surface area contributed by atoms with Crippen LogP contribution >= 0.6 is 0 Å². The number of carbonyl (C=O) groups is 3. The van der Waals surface area contributed by atoms with Gasteiger partial charge in [0.2, 0.25) is 5.91 Å². The van der Waals surface area contributed by atoms with Gasteiger partial charge in [-0.3, -0.25) is 14.5 Å². The number of benzene rings is 2. The molecule has 2 atom stereocenters. The van der Waals surface area contributed by atoms with Crippen LogP contribution in [-0.2, 0) is 15.1 Å². The van der Waals surface area contributed by atoms with Crippen LogP contribution in [0, 0.1) is 0 Å². The molecule has 6 nitrogen and oxygen atoms in total. The van der Waals surface area contributed by atoms with Crippen molar-refractivity contribution in [1.82, 2.24) is 15.1 Å². The zero-order valence-electron chi connectivity index (χ0n) is 16.3. The van der Waals surface area contributed by atoms with Crippen molar-refractivity contribution in [3.05, 3.63) is 48.0 Å². The molecule has 2 unspecified atom stereocenters. The zero-order valence-corrected chi connectivity index (χ0v) is 16.3. The molecule has 2 fully saturated rings. The van der Waals surface area contributed by atoms with Gasteiger partial charge in [-0.25, -0.2) is 4.79 Å². The molecule has 0 radical (unpaired) electrons. The molecule has 2 aromatic carbocycles. The summed E-state index contributed by atoms with van der Waals surface area (Å²) in [6, 6.07) is 13.1. The summed E-state index contributed by atoms with van der Waals surface area (Å²) in [6.45, 7) is 4.20. The first-order chi connectivity index (χ1) is 13.4. The molecule has 0 bridgehead atoms. The number of piperidine rings is 1. The molecule has 2 aliphatic rings. The number of hydrogen-bond acceptors (Lipinski definition) is 3. The van der Waals surface area contributed by atoms with Crippen molar-refractivity contribution in [3.8, 4) is 0 Å². The van der Waals surface area contributed by atoms with Crippen LogP contribution < -0.4 is 5.32 Å². The number of nitrogens with one attached hydrogen (secondary N) is 1. The molecule has 0 aliphatic carbocycles. The van der Waals surface area contributed by atoms with Crippen molar-refractivity contribution in [2.75, 3.05) is 13.1 Å². The standard InChI is InChI=1S/C22H25N3O3/c1-15-8-5-6-13-24(15)19(26)14-25-20(27)22(2,23-21(25)28)18-12-7-10-16-9-3-4-11-17(16)18/h3-4,7,9-12,15H,5-6,8,13-14H2,1-2H3,(H,23,28). The lowest BCUT2D eigenvalue weighted by Gasteiger charge is -2.34. The minimum atomic E-state index is -1.19. The van der Waals surface area contributed by atoms with Crippen molar-refractivity contribution in [2.45, 2.75) is 44.7 Å². The fourth-order valence-corrected chi connectivity index (χ4v) is 4.38. The number of amides is 4. The van der Waals surface area contributed by atoms with Crippen molar-refractivity contribution in [1.29, 1.82) is 0 Å². The normalized spacial score (nSPS) is 25.3. The molecule has 0 saturated carbocycles. The van der Waals surface area contributed by atoms with E-state index in [1.807, 2.05) is 49.4 Å². The molecule has 2 aliphatic heterocycles. The molecule has 6 heteroatoms. The lowest BCUT2D eigenvalue weighted by atomic mass is 9.88. The Balaban J connectivity index is 1.62. The number of carbonyl (C=O) groups excluding carboxylic acids is 3. The Morgan fingerprint density at radius 1 is 1.14 bits per heavy atom. The van der Waals surface area contributed by atoms with Crippen molar-refractivity contribution in [2.24, 2.45) is 0 Å². The van der Waals surface area contributed by atoms with Crippen molar-refractivity contribution in [3.63, 3.8) is 0 Å². The molecule has 0 spiro atoms. The third-order valence-electron chi connectivity index (χ3n) is 6.02. The minimum Gasteiger partial charge on any atom is -0.338 e. The smallest absolute Gasteiger partial charge is 0.325 e. The first kappa shape index (κ1) is 18.5. The van der Waals surface area contributed by atoms with Gasteiger partial charge in [-0.2, -0.15) is 0 Å². The van der Waals surface area contributed by atoms with Crippen LogP contribution in [0.1, 0.15) is 38.7 Å². The number of nitrogens with zero attached hydrogens (tertiary/aromatic N) is 2. The van der Waals surface area contributed by atoms with Gasteiger partial charge < -0.3 is 10.2 Å². The topological polar surface area (TPSA) is 69.7 Å². The van der Waals surface area contributed by atoms with Crippen LogP contribution in [-0.4, -0.2) is 46.8 Å². The summed E-state index contributed by atoms with van der Waals surface area (Å²) in [7, 11) is 0. The average molecular weight is 379 g/mol. The Bertz CT molecular complexity index is 952. The second-order valence-electron chi connectivity index (χ2n) is 7.91. The van der Waals surface area contributed by atoms with Crippen molar-refractivity contribution >= 4 is 28.6 Å². The van der Waals surface area contributed by atoms with Crippen LogP contribution in [0.2, 0.25) is 0 Å². The first-order valence-electron chi connectivity index (χ1n) is 9.83.